The molecule has 2 unspecified atom stereocenters. The summed E-state index contributed by atoms with van der Waals surface area (Å²) < 4.78 is 34.2. The zero-order valence-electron chi connectivity index (χ0n) is 48.5. The third-order valence-electron chi connectivity index (χ3n) is 12.9. The Morgan fingerprint density at radius 1 is 0.432 bits per heavy atom. The molecule has 0 fully saturated rings. The van der Waals surface area contributed by atoms with Crippen molar-refractivity contribution in [1.82, 2.24) is 0 Å². The fraction of sp³-hybridized carbons (Fsp3) is 0.750. The van der Waals surface area contributed by atoms with Gasteiger partial charge in [-0.05, 0) is 89.9 Å². The smallest absolute Gasteiger partial charge is 0.306 e. The zero-order valence-corrected chi connectivity index (χ0v) is 49.4. The normalized spacial score (nSPS) is 13.9. The van der Waals surface area contributed by atoms with Gasteiger partial charge in [0.25, 0.3) is 7.82 Å². The van der Waals surface area contributed by atoms with E-state index in [1.165, 1.54) is 141 Å². The number of carbonyl (C=O) groups excluding carboxylic acids is 2. The molecule has 0 rings (SSSR count). The van der Waals surface area contributed by atoms with Crippen LogP contribution in [0.4, 0.5) is 0 Å². The molecule has 0 aliphatic rings. The first-order chi connectivity index (χ1) is 36.0. The molecule has 0 spiro atoms. The summed E-state index contributed by atoms with van der Waals surface area (Å²) in [4.78, 5) is 37.9. The van der Waals surface area contributed by atoms with E-state index in [2.05, 4.69) is 98.9 Å². The van der Waals surface area contributed by atoms with Crippen molar-refractivity contribution in [3.63, 3.8) is 0 Å². The van der Waals surface area contributed by atoms with Gasteiger partial charge in [-0.1, -0.05) is 240 Å². The third-order valence-corrected chi connectivity index (χ3v) is 13.9. The minimum Gasteiger partial charge on any atom is -0.756 e. The lowest BCUT2D eigenvalue weighted by molar-refractivity contribution is -0.870. The van der Waals surface area contributed by atoms with Crippen molar-refractivity contribution in [2.75, 3.05) is 47.5 Å². The highest BCUT2D eigenvalue weighted by Gasteiger charge is 2.22. The van der Waals surface area contributed by atoms with Crippen LogP contribution in [0, 0.1) is 0 Å². The van der Waals surface area contributed by atoms with Crippen LogP contribution in [0.5, 0.6) is 0 Å². The number of allylic oxidation sites excluding steroid dienone is 14. The summed E-state index contributed by atoms with van der Waals surface area (Å²) in [6, 6.07) is 0. The van der Waals surface area contributed by atoms with Crippen molar-refractivity contribution >= 4 is 19.8 Å². The molecule has 0 aromatic carbocycles. The highest BCUT2D eigenvalue weighted by Crippen LogP contribution is 2.38. The maximum absolute atomic E-state index is 12.8. The molecule has 10 heteroatoms. The Hall–Kier alpha value is -2.81. The van der Waals surface area contributed by atoms with Crippen LogP contribution >= 0.6 is 7.82 Å². The number of quaternary nitrogens is 1. The second kappa shape index (κ2) is 55.0. The van der Waals surface area contributed by atoms with Crippen molar-refractivity contribution in [2.24, 2.45) is 0 Å². The van der Waals surface area contributed by atoms with Gasteiger partial charge in [-0.25, -0.2) is 0 Å². The van der Waals surface area contributed by atoms with Crippen LogP contribution in [0.1, 0.15) is 258 Å². The van der Waals surface area contributed by atoms with Gasteiger partial charge in [0.15, 0.2) is 6.10 Å². The van der Waals surface area contributed by atoms with E-state index in [9.17, 15) is 19.0 Å². The lowest BCUT2D eigenvalue weighted by Gasteiger charge is -2.28. The molecule has 0 heterocycles. The Balaban J connectivity index is 4.16. The first-order valence-electron chi connectivity index (χ1n) is 30.3. The number of esters is 2. The van der Waals surface area contributed by atoms with Crippen molar-refractivity contribution in [2.45, 2.75) is 264 Å². The fourth-order valence-corrected chi connectivity index (χ4v) is 8.97. The molecule has 9 nitrogen and oxygen atoms in total. The molecule has 0 saturated carbocycles. The highest BCUT2D eigenvalue weighted by atomic mass is 31.2. The predicted octanol–water partition coefficient (Wildman–Crippen LogP) is 18.4. The molecular formula is C64H114NO8P. The number of likely N-dealkylation sites (N-methyl/N-ethyl adjacent to an activating group) is 1. The van der Waals surface area contributed by atoms with Gasteiger partial charge in [-0.15, -0.1) is 0 Å². The van der Waals surface area contributed by atoms with Crippen molar-refractivity contribution in [1.29, 1.82) is 0 Å². The monoisotopic (exact) mass is 1060 g/mol. The standard InChI is InChI=1S/C64H114NO8P/c1-6-8-10-12-14-16-18-20-22-24-26-28-30-32-34-36-38-40-42-44-46-48-50-52-54-56-63(66)70-60-62(61-72-74(68,69)71-59-58-65(3,4)5)73-64(67)57-55-53-51-49-47-45-43-41-39-37-35-33-31-29-27-25-23-21-19-17-15-13-11-9-7-2/h9,11,15,17-18,20-21,23-24,26-27,29-30,32,62H,6-8,10,12-14,16,19,22,25,28,31,33-61H2,1-5H3/b11-9-,17-15-,20-18-,23-21-,26-24-,29-27-,32-30-. The maximum atomic E-state index is 12.8. The van der Waals surface area contributed by atoms with Crippen LogP contribution in [0.25, 0.3) is 0 Å². The molecule has 0 saturated heterocycles. The SMILES string of the molecule is CC/C=C\C/C=C\C/C=C\C/C=C\CCCCCCCCCCCCCCC(=O)OC(COC(=O)CCCCCCCCCCCC/C=C\C/C=C\C/C=C\CCCCCCC)COP(=O)([O-])OCC[N+](C)(C)C. The lowest BCUT2D eigenvalue weighted by atomic mass is 10.0. The molecule has 0 aliphatic carbocycles. The van der Waals surface area contributed by atoms with Crippen LogP contribution < -0.4 is 4.89 Å². The van der Waals surface area contributed by atoms with Crippen molar-refractivity contribution in [3.05, 3.63) is 85.1 Å². The van der Waals surface area contributed by atoms with Gasteiger partial charge in [0, 0.05) is 12.8 Å². The van der Waals surface area contributed by atoms with Gasteiger partial charge in [0.05, 0.1) is 27.7 Å². The highest BCUT2D eigenvalue weighted by molar-refractivity contribution is 7.45. The van der Waals surface area contributed by atoms with Gasteiger partial charge in [0.2, 0.25) is 0 Å². The first-order valence-corrected chi connectivity index (χ1v) is 31.8. The minimum atomic E-state index is -4.64. The fourth-order valence-electron chi connectivity index (χ4n) is 8.24. The van der Waals surface area contributed by atoms with E-state index in [1.54, 1.807) is 0 Å². The summed E-state index contributed by atoms with van der Waals surface area (Å²) in [5, 5.41) is 0. The molecular weight excluding hydrogens is 942 g/mol. The third kappa shape index (κ3) is 58.5. The number of hydrogen-bond donors (Lipinski definition) is 0. The van der Waals surface area contributed by atoms with E-state index in [-0.39, 0.29) is 32.0 Å². The summed E-state index contributed by atoms with van der Waals surface area (Å²) in [6.07, 6.45) is 73.4. The Bertz CT molecular complexity index is 1520. The second-order valence-electron chi connectivity index (χ2n) is 21.3. The van der Waals surface area contributed by atoms with E-state index >= 15 is 0 Å². The van der Waals surface area contributed by atoms with Gasteiger partial charge < -0.3 is 27.9 Å². The molecule has 0 aliphatic heterocycles. The summed E-state index contributed by atoms with van der Waals surface area (Å²) in [6.45, 7) is 4.12. The zero-order chi connectivity index (χ0) is 54.2. The molecule has 0 bridgehead atoms. The Labute approximate surface area is 456 Å². The second-order valence-corrected chi connectivity index (χ2v) is 22.7. The average Bonchev–Trinajstić information content (AvgIpc) is 3.36. The topological polar surface area (TPSA) is 111 Å². The summed E-state index contributed by atoms with van der Waals surface area (Å²) in [7, 11) is 1.16. The minimum absolute atomic E-state index is 0.0350. The summed E-state index contributed by atoms with van der Waals surface area (Å²) in [5.41, 5.74) is 0. The van der Waals surface area contributed by atoms with Gasteiger partial charge in [-0.3, -0.25) is 14.2 Å². The Kier molecular flexibility index (Phi) is 52.9. The maximum Gasteiger partial charge on any atom is 0.306 e. The molecule has 0 radical (unpaired) electrons. The van der Waals surface area contributed by atoms with Crippen molar-refractivity contribution < 1.29 is 42.1 Å². The lowest BCUT2D eigenvalue weighted by Crippen LogP contribution is -2.37. The Morgan fingerprint density at radius 2 is 0.770 bits per heavy atom. The number of rotatable bonds is 55. The number of carbonyl (C=O) groups is 2. The van der Waals surface area contributed by atoms with Gasteiger partial charge in [0.1, 0.15) is 19.8 Å². The van der Waals surface area contributed by atoms with E-state index in [0.717, 1.165) is 83.5 Å². The van der Waals surface area contributed by atoms with E-state index < -0.39 is 26.5 Å². The molecule has 0 aromatic rings. The van der Waals surface area contributed by atoms with E-state index in [0.29, 0.717) is 17.4 Å². The van der Waals surface area contributed by atoms with Crippen LogP contribution in [0.3, 0.4) is 0 Å². The van der Waals surface area contributed by atoms with E-state index in [4.69, 9.17) is 18.5 Å². The van der Waals surface area contributed by atoms with Crippen LogP contribution in [0.2, 0.25) is 0 Å². The van der Waals surface area contributed by atoms with Crippen LogP contribution in [-0.4, -0.2) is 70.0 Å². The number of hydrogen-bond acceptors (Lipinski definition) is 8. The van der Waals surface area contributed by atoms with E-state index in [1.807, 2.05) is 21.1 Å². The Morgan fingerprint density at radius 3 is 1.15 bits per heavy atom. The molecule has 0 N–H and O–H groups in total. The predicted molar refractivity (Wildman–Crippen MR) is 314 cm³/mol. The molecule has 2 atom stereocenters. The number of phosphoric ester groups is 1. The van der Waals surface area contributed by atoms with Gasteiger partial charge >= 0.3 is 11.9 Å². The molecule has 74 heavy (non-hydrogen) atoms. The summed E-state index contributed by atoms with van der Waals surface area (Å²) >= 11 is 0. The number of ether oxygens (including phenoxy) is 2. The van der Waals surface area contributed by atoms with Crippen LogP contribution in [-0.2, 0) is 32.7 Å². The quantitative estimate of drug-likeness (QED) is 0.0195. The van der Waals surface area contributed by atoms with Crippen LogP contribution in [0.15, 0.2) is 85.1 Å². The molecule has 428 valence electrons. The largest absolute Gasteiger partial charge is 0.756 e. The molecule has 0 amide bonds. The number of nitrogens with zero attached hydrogens (tertiary/aromatic N) is 1. The summed E-state index contributed by atoms with van der Waals surface area (Å²) in [5.74, 6) is -0.838. The average molecular weight is 1060 g/mol. The number of phosphoric acid groups is 1. The van der Waals surface area contributed by atoms with Gasteiger partial charge in [-0.2, -0.15) is 0 Å². The van der Waals surface area contributed by atoms with Crippen molar-refractivity contribution in [3.8, 4) is 0 Å². The number of unbranched alkanes of at least 4 members (excludes halogenated alkanes) is 27. The molecule has 0 aromatic heterocycles. The first kappa shape index (κ1) is 71.2.